The van der Waals surface area contributed by atoms with Crippen LogP contribution in [-0.2, 0) is 35.6 Å². The number of amides is 1. The summed E-state index contributed by atoms with van der Waals surface area (Å²) in [6.07, 6.45) is 3.30. The van der Waals surface area contributed by atoms with Crippen LogP contribution in [0.3, 0.4) is 0 Å². The van der Waals surface area contributed by atoms with Gasteiger partial charge in [0.25, 0.3) is 5.91 Å². The molecule has 0 radical (unpaired) electrons. The average Bonchev–Trinajstić information content (AvgIpc) is 3.66. The Balaban J connectivity index is 1.44. The molecule has 0 bridgehead atoms. The number of fused-ring (bicyclic) bond motifs is 3. The third kappa shape index (κ3) is 4.53. The van der Waals surface area contributed by atoms with Crippen molar-refractivity contribution in [3.8, 4) is 5.75 Å². The molecule has 3 aliphatic carbocycles. The summed E-state index contributed by atoms with van der Waals surface area (Å²) >= 11 is 0. The number of phenols is 1. The molecular formula is C30H33N7O7. The van der Waals surface area contributed by atoms with E-state index < -0.39 is 52.0 Å². The number of primary amides is 1. The highest BCUT2D eigenvalue weighted by atomic mass is 16.3. The summed E-state index contributed by atoms with van der Waals surface area (Å²) in [4.78, 5) is 43.3. The number of aromatic amines is 2. The molecule has 0 aliphatic heterocycles. The van der Waals surface area contributed by atoms with Gasteiger partial charge >= 0.3 is 0 Å². The van der Waals surface area contributed by atoms with Gasteiger partial charge in [0.15, 0.2) is 11.4 Å². The second-order valence-electron chi connectivity index (χ2n) is 11.9. The van der Waals surface area contributed by atoms with Gasteiger partial charge in [-0.2, -0.15) is 10.2 Å². The van der Waals surface area contributed by atoms with E-state index in [1.807, 2.05) is 42.1 Å². The molecule has 3 aromatic rings. The largest absolute Gasteiger partial charge is 0.511 e. The van der Waals surface area contributed by atoms with Gasteiger partial charge in [0.1, 0.15) is 22.8 Å². The average molecular weight is 604 g/mol. The number of nitrogens with two attached hydrogens (primary N) is 1. The molecule has 14 nitrogen and oxygen atoms in total. The van der Waals surface area contributed by atoms with Gasteiger partial charge in [-0.1, -0.05) is 0 Å². The second kappa shape index (κ2) is 10.6. The number of hydrogen-bond donors (Lipinski definition) is 7. The fraction of sp³-hybridized carbons (Fsp3) is 0.367. The molecule has 0 spiro atoms. The molecule has 2 heterocycles. The number of H-pyrrole nitrogens is 2. The second-order valence-corrected chi connectivity index (χ2v) is 11.9. The molecule has 0 unspecified atom stereocenters. The normalized spacial score (nSPS) is 23.1. The third-order valence-corrected chi connectivity index (χ3v) is 8.90. The van der Waals surface area contributed by atoms with Gasteiger partial charge in [-0.3, -0.25) is 29.5 Å². The number of benzene rings is 1. The topological polar surface area (TPSA) is 222 Å². The van der Waals surface area contributed by atoms with E-state index in [0.29, 0.717) is 29.9 Å². The number of Topliss-reactive ketones (excluding diaryl/α,β-unsaturated/α-hetero) is 2. The lowest BCUT2D eigenvalue weighted by atomic mass is 9.60. The van der Waals surface area contributed by atoms with E-state index in [1.54, 1.807) is 12.4 Å². The van der Waals surface area contributed by atoms with Crippen molar-refractivity contribution in [2.24, 2.45) is 17.6 Å². The van der Waals surface area contributed by atoms with Crippen molar-refractivity contribution in [3.63, 3.8) is 0 Å². The maximum absolute atomic E-state index is 14.2. The highest BCUT2D eigenvalue weighted by Crippen LogP contribution is 2.52. The molecule has 0 saturated carbocycles. The number of ketones is 2. The molecule has 0 saturated heterocycles. The number of allylic oxidation sites excluding steroid dienone is 2. The number of nitrogens with zero attached hydrogens (tertiary/aromatic N) is 4. The summed E-state index contributed by atoms with van der Waals surface area (Å²) in [5.74, 6) is -6.51. The van der Waals surface area contributed by atoms with Crippen LogP contribution in [0.1, 0.15) is 45.7 Å². The van der Waals surface area contributed by atoms with E-state index in [4.69, 9.17) is 5.73 Å². The Morgan fingerprint density at radius 3 is 2.23 bits per heavy atom. The maximum atomic E-state index is 14.2. The van der Waals surface area contributed by atoms with Gasteiger partial charge in [0.2, 0.25) is 5.78 Å². The van der Waals surface area contributed by atoms with Crippen LogP contribution in [0.25, 0.3) is 0 Å². The van der Waals surface area contributed by atoms with E-state index >= 15 is 0 Å². The van der Waals surface area contributed by atoms with Crippen molar-refractivity contribution in [3.05, 3.63) is 81.3 Å². The Hall–Kier alpha value is -4.95. The minimum atomic E-state index is -2.61. The van der Waals surface area contributed by atoms with Crippen molar-refractivity contribution in [1.82, 2.24) is 25.3 Å². The number of phenolic OH excluding ortho intramolecular Hbond substituents is 1. The zero-order chi connectivity index (χ0) is 31.5. The minimum absolute atomic E-state index is 0.0224. The maximum Gasteiger partial charge on any atom is 0.255 e. The van der Waals surface area contributed by atoms with E-state index in [-0.39, 0.29) is 42.7 Å². The molecule has 1 amide bonds. The van der Waals surface area contributed by atoms with Crippen LogP contribution < -0.4 is 10.6 Å². The fourth-order valence-electron chi connectivity index (χ4n) is 6.88. The molecular weight excluding hydrogens is 570 g/mol. The molecule has 14 heteroatoms. The summed E-state index contributed by atoms with van der Waals surface area (Å²) in [6, 6.07) is 5.51. The molecule has 0 fully saturated rings. The molecule has 44 heavy (non-hydrogen) atoms. The zero-order valence-electron chi connectivity index (χ0n) is 24.2. The van der Waals surface area contributed by atoms with Crippen molar-refractivity contribution in [1.29, 1.82) is 0 Å². The van der Waals surface area contributed by atoms with Crippen LogP contribution in [0.15, 0.2) is 53.3 Å². The molecule has 2 aromatic heterocycles. The van der Waals surface area contributed by atoms with Crippen LogP contribution in [0, 0.1) is 11.8 Å². The van der Waals surface area contributed by atoms with E-state index in [9.17, 15) is 34.8 Å². The highest BCUT2D eigenvalue weighted by Gasteiger charge is 2.59. The summed E-state index contributed by atoms with van der Waals surface area (Å²) in [7, 11) is 3.65. The van der Waals surface area contributed by atoms with Gasteiger partial charge < -0.3 is 31.1 Å². The first-order chi connectivity index (χ1) is 20.9. The number of rotatable bonds is 8. The monoisotopic (exact) mass is 603 g/mol. The Labute approximate surface area is 251 Å². The fourth-order valence-corrected chi connectivity index (χ4v) is 6.88. The van der Waals surface area contributed by atoms with Gasteiger partial charge in [-0.05, 0) is 42.5 Å². The van der Waals surface area contributed by atoms with Crippen LogP contribution in [0.5, 0.6) is 5.75 Å². The Morgan fingerprint density at radius 2 is 1.68 bits per heavy atom. The van der Waals surface area contributed by atoms with Crippen LogP contribution in [0.2, 0.25) is 0 Å². The quantitative estimate of drug-likeness (QED) is 0.182. The van der Waals surface area contributed by atoms with Gasteiger partial charge in [0, 0.05) is 86.7 Å². The SMILES string of the molecule is CN(C)c1cc(CN(Cc2ccn[nH]2)Cc2ccn[nH]2)c(O)c2c1C[C@H]1C[C@H]3CC(O)=C(C(N)=O)C(=O)[C@@]3(O)C(O)=C1C2=O. The number of carbonyl (C=O) groups is 3. The number of hydrogen-bond acceptors (Lipinski definition) is 11. The number of aliphatic hydroxyl groups excluding tert-OH is 2. The van der Waals surface area contributed by atoms with Crippen molar-refractivity contribution in [2.75, 3.05) is 19.0 Å². The lowest BCUT2D eigenvalue weighted by molar-refractivity contribution is -0.144. The molecule has 6 rings (SSSR count). The highest BCUT2D eigenvalue weighted by molar-refractivity contribution is 6.24. The number of anilines is 1. The first kappa shape index (κ1) is 29.1. The summed E-state index contributed by atoms with van der Waals surface area (Å²) < 4.78 is 0. The number of nitrogens with one attached hydrogen (secondary N) is 2. The minimum Gasteiger partial charge on any atom is -0.511 e. The van der Waals surface area contributed by atoms with E-state index in [2.05, 4.69) is 20.4 Å². The number of aliphatic hydroxyl groups is 3. The number of aromatic nitrogens is 4. The van der Waals surface area contributed by atoms with E-state index in [0.717, 1.165) is 11.4 Å². The first-order valence-electron chi connectivity index (χ1n) is 14.1. The smallest absolute Gasteiger partial charge is 0.255 e. The Morgan fingerprint density at radius 1 is 1.05 bits per heavy atom. The summed E-state index contributed by atoms with van der Waals surface area (Å²) in [6.45, 7) is 1.10. The summed E-state index contributed by atoms with van der Waals surface area (Å²) in [5.41, 5.74) is 5.05. The van der Waals surface area contributed by atoms with Crippen molar-refractivity contribution < 1.29 is 34.8 Å². The number of aromatic hydroxyl groups is 1. The van der Waals surface area contributed by atoms with E-state index in [1.165, 1.54) is 0 Å². The molecule has 230 valence electrons. The number of carbonyl (C=O) groups excluding carboxylic acids is 3. The lowest BCUT2D eigenvalue weighted by Crippen LogP contribution is -2.57. The lowest BCUT2D eigenvalue weighted by Gasteiger charge is -2.46. The Kier molecular flexibility index (Phi) is 7.05. The van der Waals surface area contributed by atoms with Crippen LogP contribution in [-0.4, -0.2) is 82.9 Å². The van der Waals surface area contributed by atoms with Crippen LogP contribution >= 0.6 is 0 Å². The summed E-state index contributed by atoms with van der Waals surface area (Å²) in [5, 5.41) is 58.9. The predicted molar refractivity (Wildman–Crippen MR) is 155 cm³/mol. The van der Waals surface area contributed by atoms with Gasteiger partial charge in [-0.25, -0.2) is 0 Å². The zero-order valence-corrected chi connectivity index (χ0v) is 24.2. The Bertz CT molecular complexity index is 1690. The van der Waals surface area contributed by atoms with Gasteiger partial charge in [0.05, 0.1) is 5.56 Å². The molecule has 3 aliphatic rings. The molecule has 1 aromatic carbocycles. The first-order valence-corrected chi connectivity index (χ1v) is 14.1. The van der Waals surface area contributed by atoms with Crippen molar-refractivity contribution in [2.45, 2.75) is 44.5 Å². The van der Waals surface area contributed by atoms with Crippen LogP contribution in [0.4, 0.5) is 5.69 Å². The third-order valence-electron chi connectivity index (χ3n) is 8.90. The standard InChI is InChI=1S/C30H33N7O7/c1-36(2)20-9-15(11-37(12-17-3-5-32-34-17)13-18-4-6-33-35-18)25(39)23-19(20)8-14-7-16-10-21(38)24(29(31)43)28(42)30(16,44)27(41)22(14)26(23)40/h3-6,9,14,16,38-39,41,44H,7-8,10-13H2,1-2H3,(H2,31,43)(H,32,34)(H,33,35)/t14-,16+,30+/m1/s1. The van der Waals surface area contributed by atoms with Gasteiger partial charge in [-0.15, -0.1) is 0 Å². The van der Waals surface area contributed by atoms with Crippen molar-refractivity contribution >= 4 is 23.2 Å². The predicted octanol–water partition coefficient (Wildman–Crippen LogP) is 1.30. The molecule has 3 atom stereocenters. The molecule has 8 N–H and O–H groups in total.